The fourth-order valence-corrected chi connectivity index (χ4v) is 2.09. The molecule has 1 saturated heterocycles. The summed E-state index contributed by atoms with van der Waals surface area (Å²) in [6.45, 7) is 7.23. The van der Waals surface area contributed by atoms with Crippen LogP contribution in [0.3, 0.4) is 0 Å². The number of ether oxygens (including phenoxy) is 2. The van der Waals surface area contributed by atoms with Gasteiger partial charge in [-0.05, 0) is 39.5 Å². The lowest BCUT2D eigenvalue weighted by Gasteiger charge is -2.29. The maximum atomic E-state index is 12.3. The highest BCUT2D eigenvalue weighted by atomic mass is 16.6. The van der Waals surface area contributed by atoms with Crippen molar-refractivity contribution in [1.82, 2.24) is 4.90 Å². The fourth-order valence-electron chi connectivity index (χ4n) is 2.09. The van der Waals surface area contributed by atoms with Crippen molar-refractivity contribution in [3.63, 3.8) is 0 Å². The van der Waals surface area contributed by atoms with E-state index < -0.39 is 5.60 Å². The van der Waals surface area contributed by atoms with Crippen LogP contribution >= 0.6 is 0 Å². The van der Waals surface area contributed by atoms with Crippen LogP contribution in [0.5, 0.6) is 0 Å². The molecule has 0 radical (unpaired) electrons. The van der Waals surface area contributed by atoms with Gasteiger partial charge in [0.25, 0.3) is 0 Å². The van der Waals surface area contributed by atoms with E-state index in [2.05, 4.69) is 12.1 Å². The summed E-state index contributed by atoms with van der Waals surface area (Å²) in [5.41, 5.74) is -0.553. The Kier molecular flexibility index (Phi) is 7.14. The maximum absolute atomic E-state index is 12.3. The van der Waals surface area contributed by atoms with Crippen LogP contribution < -0.4 is 0 Å². The molecule has 0 saturated carbocycles. The monoisotopic (exact) mass is 307 g/mol. The zero-order valence-corrected chi connectivity index (χ0v) is 13.7. The van der Waals surface area contributed by atoms with Crippen LogP contribution in [-0.4, -0.2) is 42.4 Å². The molecule has 0 aromatic rings. The fraction of sp³-hybridized carbons (Fsp3) is 0.812. The molecule has 1 heterocycles. The van der Waals surface area contributed by atoms with E-state index in [0.29, 0.717) is 32.4 Å². The number of epoxide rings is 1. The van der Waals surface area contributed by atoms with Crippen molar-refractivity contribution in [2.24, 2.45) is 5.92 Å². The van der Waals surface area contributed by atoms with Crippen LogP contribution in [0.15, 0.2) is 0 Å². The molecular weight excluding hydrogens is 282 g/mol. The average Bonchev–Trinajstić information content (AvgIpc) is 3.22. The predicted octanol–water partition coefficient (Wildman–Crippen LogP) is 2.85. The van der Waals surface area contributed by atoms with E-state index in [9.17, 15) is 4.79 Å². The average molecular weight is 307 g/mol. The number of hydrogen-bond acceptors (Lipinski definition) is 5. The van der Waals surface area contributed by atoms with Gasteiger partial charge in [-0.2, -0.15) is 10.5 Å². The zero-order chi connectivity index (χ0) is 16.6. The molecule has 0 aliphatic carbocycles. The van der Waals surface area contributed by atoms with Crippen LogP contribution in [-0.2, 0) is 9.47 Å². The first kappa shape index (κ1) is 18.3. The van der Waals surface area contributed by atoms with Crippen LogP contribution in [0.4, 0.5) is 4.79 Å². The number of rotatable bonds is 8. The van der Waals surface area contributed by atoms with Crippen molar-refractivity contribution in [3.05, 3.63) is 0 Å². The molecule has 0 aromatic heterocycles. The summed E-state index contributed by atoms with van der Waals surface area (Å²) >= 11 is 0. The Labute approximate surface area is 132 Å². The Hall–Kier alpha value is -1.79. The first-order valence-corrected chi connectivity index (χ1v) is 7.69. The van der Waals surface area contributed by atoms with E-state index in [-0.39, 0.29) is 18.1 Å². The van der Waals surface area contributed by atoms with Crippen LogP contribution in [0.1, 0.15) is 46.5 Å². The van der Waals surface area contributed by atoms with Crippen LogP contribution in [0.2, 0.25) is 0 Å². The van der Waals surface area contributed by atoms with Crippen molar-refractivity contribution in [2.45, 2.75) is 58.2 Å². The maximum Gasteiger partial charge on any atom is 0.410 e. The Morgan fingerprint density at radius 1 is 1.41 bits per heavy atom. The molecule has 1 amide bonds. The highest BCUT2D eigenvalue weighted by Crippen LogP contribution is 2.19. The van der Waals surface area contributed by atoms with Crippen molar-refractivity contribution in [3.8, 4) is 12.1 Å². The second kappa shape index (κ2) is 8.60. The Bertz CT molecular complexity index is 441. The number of carbonyl (C=O) groups is 1. The smallest absolute Gasteiger partial charge is 0.410 e. The Morgan fingerprint density at radius 3 is 2.59 bits per heavy atom. The molecule has 0 N–H and O–H groups in total. The third-order valence-electron chi connectivity index (χ3n) is 3.30. The zero-order valence-electron chi connectivity index (χ0n) is 13.7. The Balaban J connectivity index is 2.63. The minimum absolute atomic E-state index is 0.00251. The summed E-state index contributed by atoms with van der Waals surface area (Å²) in [6.07, 6.45) is 1.98. The molecule has 122 valence electrons. The van der Waals surface area contributed by atoms with Gasteiger partial charge in [-0.15, -0.1) is 0 Å². The number of hydrogen-bond donors (Lipinski definition) is 0. The molecule has 1 fully saturated rings. The molecule has 2 atom stereocenters. The van der Waals surface area contributed by atoms with Crippen molar-refractivity contribution in [1.29, 1.82) is 10.5 Å². The molecule has 0 spiro atoms. The molecule has 22 heavy (non-hydrogen) atoms. The van der Waals surface area contributed by atoms with Crippen molar-refractivity contribution >= 4 is 6.09 Å². The largest absolute Gasteiger partial charge is 0.444 e. The van der Waals surface area contributed by atoms with Gasteiger partial charge in [0.15, 0.2) is 0 Å². The van der Waals surface area contributed by atoms with E-state index in [1.165, 1.54) is 0 Å². The summed E-state index contributed by atoms with van der Waals surface area (Å²) in [7, 11) is 0. The quantitative estimate of drug-likeness (QED) is 0.643. The summed E-state index contributed by atoms with van der Waals surface area (Å²) in [5, 5.41) is 17.6. The molecular formula is C16H25N3O3. The van der Waals surface area contributed by atoms with Gasteiger partial charge in [-0.1, -0.05) is 0 Å². The molecule has 6 nitrogen and oxygen atoms in total. The number of nitriles is 2. The van der Waals surface area contributed by atoms with Gasteiger partial charge in [0.1, 0.15) is 5.60 Å². The number of amides is 1. The van der Waals surface area contributed by atoms with Gasteiger partial charge in [0.05, 0.1) is 24.8 Å². The van der Waals surface area contributed by atoms with Gasteiger partial charge in [0.2, 0.25) is 0 Å². The van der Waals surface area contributed by atoms with Crippen LogP contribution in [0, 0.1) is 28.6 Å². The third-order valence-corrected chi connectivity index (χ3v) is 3.30. The molecule has 1 aliphatic rings. The van der Waals surface area contributed by atoms with E-state index in [1.54, 1.807) is 4.90 Å². The lowest BCUT2D eigenvalue weighted by Crippen LogP contribution is -2.40. The topological polar surface area (TPSA) is 89.7 Å². The second-order valence-corrected chi connectivity index (χ2v) is 6.60. The standard InChI is InChI=1S/C16H25N3O3/c1-16(2,3)22-15(20)19(10-7-14-12-21-14)11-13(6-9-18)5-4-8-17/h13-14H,4-7,10-12H2,1-3H3. The molecule has 1 aliphatic heterocycles. The highest BCUT2D eigenvalue weighted by Gasteiger charge is 2.28. The first-order valence-electron chi connectivity index (χ1n) is 7.69. The van der Waals surface area contributed by atoms with E-state index >= 15 is 0 Å². The van der Waals surface area contributed by atoms with E-state index in [4.69, 9.17) is 20.0 Å². The summed E-state index contributed by atoms with van der Waals surface area (Å²) in [4.78, 5) is 14.0. The van der Waals surface area contributed by atoms with Gasteiger partial charge in [-0.3, -0.25) is 0 Å². The lowest BCUT2D eigenvalue weighted by molar-refractivity contribution is 0.0213. The van der Waals surface area contributed by atoms with Gasteiger partial charge in [-0.25, -0.2) is 4.79 Å². The molecule has 0 aromatic carbocycles. The molecule has 1 rings (SSSR count). The van der Waals surface area contributed by atoms with Gasteiger partial charge >= 0.3 is 6.09 Å². The highest BCUT2D eigenvalue weighted by molar-refractivity contribution is 5.68. The third kappa shape index (κ3) is 7.85. The summed E-state index contributed by atoms with van der Waals surface area (Å²) in [5.74, 6) is -0.00251. The molecule has 6 heteroatoms. The molecule has 2 unspecified atom stereocenters. The van der Waals surface area contributed by atoms with Gasteiger partial charge in [0, 0.05) is 25.9 Å². The minimum Gasteiger partial charge on any atom is -0.444 e. The van der Waals surface area contributed by atoms with Crippen molar-refractivity contribution in [2.75, 3.05) is 19.7 Å². The van der Waals surface area contributed by atoms with Gasteiger partial charge < -0.3 is 14.4 Å². The summed E-state index contributed by atoms with van der Waals surface area (Å²) < 4.78 is 10.6. The Morgan fingerprint density at radius 2 is 2.09 bits per heavy atom. The SMILES string of the molecule is CC(C)(C)OC(=O)N(CCC1CO1)CC(CC#N)CCC#N. The summed E-state index contributed by atoms with van der Waals surface area (Å²) in [6, 6.07) is 4.23. The molecule has 0 bridgehead atoms. The lowest BCUT2D eigenvalue weighted by atomic mass is 9.99. The van der Waals surface area contributed by atoms with E-state index in [1.807, 2.05) is 20.8 Å². The van der Waals surface area contributed by atoms with Crippen LogP contribution in [0.25, 0.3) is 0 Å². The minimum atomic E-state index is -0.553. The normalized spacial score (nSPS) is 18.0. The first-order chi connectivity index (χ1) is 10.4. The van der Waals surface area contributed by atoms with E-state index in [0.717, 1.165) is 13.0 Å². The number of carbonyl (C=O) groups excluding carboxylic acids is 1. The number of nitrogens with zero attached hydrogens (tertiary/aromatic N) is 3. The van der Waals surface area contributed by atoms with Crippen molar-refractivity contribution < 1.29 is 14.3 Å². The second-order valence-electron chi connectivity index (χ2n) is 6.60. The predicted molar refractivity (Wildman–Crippen MR) is 80.7 cm³/mol.